The molecule has 0 aliphatic carbocycles. The number of hydrogen-bond acceptors (Lipinski definition) is 5. The van der Waals surface area contributed by atoms with E-state index in [9.17, 15) is 0 Å². The van der Waals surface area contributed by atoms with Crippen molar-refractivity contribution in [3.05, 3.63) is 29.3 Å². The van der Waals surface area contributed by atoms with Gasteiger partial charge in [-0.3, -0.25) is 5.10 Å². The third-order valence-electron chi connectivity index (χ3n) is 2.51. The Balaban J connectivity index is 2.05. The summed E-state index contributed by atoms with van der Waals surface area (Å²) in [7, 11) is 0. The molecule has 92 valence electrons. The van der Waals surface area contributed by atoms with Gasteiger partial charge in [0.15, 0.2) is 0 Å². The maximum Gasteiger partial charge on any atom is 0.0794 e. The van der Waals surface area contributed by atoms with Gasteiger partial charge in [-0.2, -0.15) is 5.10 Å². The van der Waals surface area contributed by atoms with Crippen LogP contribution in [0, 0.1) is 0 Å². The van der Waals surface area contributed by atoms with E-state index in [1.165, 1.54) is 0 Å². The molecule has 0 unspecified atom stereocenters. The van der Waals surface area contributed by atoms with Crippen molar-refractivity contribution < 1.29 is 10.2 Å². The smallest absolute Gasteiger partial charge is 0.0794 e. The van der Waals surface area contributed by atoms with Gasteiger partial charge in [0.25, 0.3) is 0 Å². The maximum absolute atomic E-state index is 8.96. The first-order valence-corrected chi connectivity index (χ1v) is 6.24. The Kier molecular flexibility index (Phi) is 4.27. The number of aliphatic hydroxyl groups is 2. The molecular formula is C11H15N3O2S. The van der Waals surface area contributed by atoms with Crippen LogP contribution in [0.2, 0.25) is 0 Å². The summed E-state index contributed by atoms with van der Waals surface area (Å²) in [6.07, 6.45) is 1.76. The van der Waals surface area contributed by atoms with Gasteiger partial charge >= 0.3 is 0 Å². The van der Waals surface area contributed by atoms with Gasteiger partial charge in [0.1, 0.15) is 0 Å². The van der Waals surface area contributed by atoms with E-state index in [1.54, 1.807) is 17.5 Å². The van der Waals surface area contributed by atoms with E-state index in [0.717, 1.165) is 16.1 Å². The largest absolute Gasteiger partial charge is 0.395 e. The summed E-state index contributed by atoms with van der Waals surface area (Å²) >= 11 is 1.64. The third kappa shape index (κ3) is 2.92. The summed E-state index contributed by atoms with van der Waals surface area (Å²) < 4.78 is 0. The molecule has 5 nitrogen and oxygen atoms in total. The molecule has 0 saturated heterocycles. The average Bonchev–Trinajstić information content (AvgIpc) is 3.00. The van der Waals surface area contributed by atoms with Gasteiger partial charge < -0.3 is 15.5 Å². The summed E-state index contributed by atoms with van der Waals surface area (Å²) in [5.74, 6) is 0. The van der Waals surface area contributed by atoms with Crippen molar-refractivity contribution in [2.75, 3.05) is 13.2 Å². The van der Waals surface area contributed by atoms with E-state index in [4.69, 9.17) is 10.2 Å². The zero-order chi connectivity index (χ0) is 12.1. The van der Waals surface area contributed by atoms with E-state index in [0.29, 0.717) is 6.54 Å². The van der Waals surface area contributed by atoms with Crippen molar-refractivity contribution >= 4 is 11.3 Å². The first kappa shape index (κ1) is 12.3. The number of nitrogens with one attached hydrogen (secondary N) is 2. The third-order valence-corrected chi connectivity index (χ3v) is 3.39. The van der Waals surface area contributed by atoms with Gasteiger partial charge in [-0.15, -0.1) is 11.3 Å². The summed E-state index contributed by atoms with van der Waals surface area (Å²) in [5.41, 5.74) is 2.02. The molecule has 2 aromatic rings. The van der Waals surface area contributed by atoms with Crippen LogP contribution >= 0.6 is 11.3 Å². The average molecular weight is 253 g/mol. The van der Waals surface area contributed by atoms with Crippen molar-refractivity contribution in [1.82, 2.24) is 15.5 Å². The second-order valence-electron chi connectivity index (χ2n) is 3.69. The highest BCUT2D eigenvalue weighted by atomic mass is 32.1. The minimum Gasteiger partial charge on any atom is -0.395 e. The lowest BCUT2D eigenvalue weighted by molar-refractivity contribution is 0.170. The van der Waals surface area contributed by atoms with E-state index in [1.807, 2.05) is 17.5 Å². The zero-order valence-corrected chi connectivity index (χ0v) is 10.1. The molecular weight excluding hydrogens is 238 g/mol. The molecule has 0 fully saturated rings. The lowest BCUT2D eigenvalue weighted by Crippen LogP contribution is -2.35. The number of H-pyrrole nitrogens is 1. The molecule has 0 amide bonds. The topological polar surface area (TPSA) is 81.2 Å². The zero-order valence-electron chi connectivity index (χ0n) is 9.26. The van der Waals surface area contributed by atoms with E-state index < -0.39 is 0 Å². The minimum atomic E-state index is -0.291. The molecule has 0 aliphatic rings. The quantitative estimate of drug-likeness (QED) is 0.607. The van der Waals surface area contributed by atoms with Crippen molar-refractivity contribution in [1.29, 1.82) is 0 Å². The van der Waals surface area contributed by atoms with Crippen LogP contribution in [0.5, 0.6) is 0 Å². The SMILES string of the molecule is OCC(CO)NCc1cn[nH]c1-c1cccs1. The number of nitrogens with zero attached hydrogens (tertiary/aromatic N) is 1. The van der Waals surface area contributed by atoms with Crippen LogP contribution in [0.4, 0.5) is 0 Å². The fraction of sp³-hybridized carbons (Fsp3) is 0.364. The molecule has 0 radical (unpaired) electrons. The number of hydrogen-bond donors (Lipinski definition) is 4. The van der Waals surface area contributed by atoms with E-state index >= 15 is 0 Å². The fourth-order valence-corrected chi connectivity index (χ4v) is 2.28. The lowest BCUT2D eigenvalue weighted by Gasteiger charge is -2.12. The van der Waals surface area contributed by atoms with E-state index in [2.05, 4.69) is 15.5 Å². The number of aromatic nitrogens is 2. The van der Waals surface area contributed by atoms with Crippen LogP contribution in [0.15, 0.2) is 23.7 Å². The highest BCUT2D eigenvalue weighted by molar-refractivity contribution is 7.13. The van der Waals surface area contributed by atoms with Gasteiger partial charge in [0.05, 0.1) is 36.0 Å². The van der Waals surface area contributed by atoms with E-state index in [-0.39, 0.29) is 19.3 Å². The van der Waals surface area contributed by atoms with Crippen LogP contribution in [0.25, 0.3) is 10.6 Å². The van der Waals surface area contributed by atoms with Crippen molar-refractivity contribution in [2.24, 2.45) is 0 Å². The predicted octanol–water partition coefficient (Wildman–Crippen LogP) is 0.581. The monoisotopic (exact) mass is 253 g/mol. The Morgan fingerprint density at radius 2 is 2.24 bits per heavy atom. The standard InChI is InChI=1S/C11H15N3O2S/c15-6-9(7-16)12-4-8-5-13-14-11(8)10-2-1-3-17-10/h1-3,5,9,12,15-16H,4,6-7H2,(H,13,14). The molecule has 17 heavy (non-hydrogen) atoms. The molecule has 6 heteroatoms. The molecule has 4 N–H and O–H groups in total. The molecule has 2 heterocycles. The number of aliphatic hydroxyl groups excluding tert-OH is 2. The Labute approximate surface area is 103 Å². The maximum atomic E-state index is 8.96. The second kappa shape index (κ2) is 5.92. The Morgan fingerprint density at radius 1 is 1.41 bits per heavy atom. The van der Waals surface area contributed by atoms with Crippen molar-refractivity contribution in [2.45, 2.75) is 12.6 Å². The predicted molar refractivity (Wildman–Crippen MR) is 66.7 cm³/mol. The minimum absolute atomic E-state index is 0.0807. The molecule has 2 rings (SSSR count). The van der Waals surface area contributed by atoms with Crippen LogP contribution in [-0.4, -0.2) is 39.7 Å². The summed E-state index contributed by atoms with van der Waals surface area (Å²) in [6.45, 7) is 0.404. The van der Waals surface area contributed by atoms with Crippen LogP contribution in [0.1, 0.15) is 5.56 Å². The molecule has 0 bridgehead atoms. The van der Waals surface area contributed by atoms with Gasteiger partial charge in [0, 0.05) is 12.1 Å². The van der Waals surface area contributed by atoms with Gasteiger partial charge in [0.2, 0.25) is 0 Å². The first-order valence-electron chi connectivity index (χ1n) is 5.36. The van der Waals surface area contributed by atoms with Crippen molar-refractivity contribution in [3.8, 4) is 10.6 Å². The number of thiophene rings is 1. The Morgan fingerprint density at radius 3 is 2.88 bits per heavy atom. The Bertz CT molecular complexity index is 437. The highest BCUT2D eigenvalue weighted by Crippen LogP contribution is 2.25. The fourth-order valence-electron chi connectivity index (χ4n) is 1.52. The number of rotatable bonds is 6. The highest BCUT2D eigenvalue weighted by Gasteiger charge is 2.10. The number of aromatic amines is 1. The van der Waals surface area contributed by atoms with Gasteiger partial charge in [-0.05, 0) is 11.4 Å². The normalized spacial score (nSPS) is 11.2. The van der Waals surface area contributed by atoms with Crippen molar-refractivity contribution in [3.63, 3.8) is 0 Å². The molecule has 0 aliphatic heterocycles. The molecule has 0 atom stereocenters. The molecule has 2 aromatic heterocycles. The second-order valence-corrected chi connectivity index (χ2v) is 4.64. The first-order chi connectivity index (χ1) is 8.35. The van der Waals surface area contributed by atoms with Gasteiger partial charge in [-0.25, -0.2) is 0 Å². The summed E-state index contributed by atoms with van der Waals surface area (Å²) in [5, 5.41) is 30.0. The molecule has 0 saturated carbocycles. The Hall–Kier alpha value is -1.21. The summed E-state index contributed by atoms with van der Waals surface area (Å²) in [4.78, 5) is 1.13. The van der Waals surface area contributed by atoms with Crippen LogP contribution in [0.3, 0.4) is 0 Å². The van der Waals surface area contributed by atoms with Gasteiger partial charge in [-0.1, -0.05) is 6.07 Å². The summed E-state index contributed by atoms with van der Waals surface area (Å²) in [6, 6.07) is 3.72. The lowest BCUT2D eigenvalue weighted by atomic mass is 10.2. The van der Waals surface area contributed by atoms with Crippen LogP contribution < -0.4 is 5.32 Å². The van der Waals surface area contributed by atoms with Crippen LogP contribution in [-0.2, 0) is 6.54 Å². The molecule has 0 spiro atoms. The molecule has 0 aromatic carbocycles.